The Hall–Kier alpha value is -1.99. The fourth-order valence-corrected chi connectivity index (χ4v) is 3.13. The van der Waals surface area contributed by atoms with E-state index >= 15 is 0 Å². The average Bonchev–Trinajstić information content (AvgIpc) is 3.13. The van der Waals surface area contributed by atoms with Crippen molar-refractivity contribution in [2.24, 2.45) is 0 Å². The highest BCUT2D eigenvalue weighted by molar-refractivity contribution is 7.09. The number of hydrogen-bond acceptors (Lipinski definition) is 6. The fourth-order valence-electron chi connectivity index (χ4n) is 2.44. The third-order valence-electron chi connectivity index (χ3n) is 3.52. The van der Waals surface area contributed by atoms with Gasteiger partial charge in [-0.1, -0.05) is 18.2 Å². The first-order valence-corrected chi connectivity index (χ1v) is 7.97. The molecule has 22 heavy (non-hydrogen) atoms. The summed E-state index contributed by atoms with van der Waals surface area (Å²) in [5.74, 6) is 0.909. The number of para-hydroxylation sites is 1. The van der Waals surface area contributed by atoms with Crippen LogP contribution in [0.25, 0.3) is 0 Å². The molecule has 1 N–H and O–H groups in total. The predicted molar refractivity (Wildman–Crippen MR) is 86.3 cm³/mol. The van der Waals surface area contributed by atoms with E-state index in [0.29, 0.717) is 26.0 Å². The first-order chi connectivity index (χ1) is 10.8. The summed E-state index contributed by atoms with van der Waals surface area (Å²) in [4.78, 5) is 18.4. The minimum atomic E-state index is 0.0657. The number of benzene rings is 1. The van der Waals surface area contributed by atoms with Crippen LogP contribution in [0, 0.1) is 0 Å². The normalized spacial score (nSPS) is 18.0. The van der Waals surface area contributed by atoms with Crippen molar-refractivity contribution in [3.63, 3.8) is 0 Å². The third-order valence-corrected chi connectivity index (χ3v) is 4.20. The molecular weight excluding hydrogens is 300 g/mol. The Labute approximate surface area is 133 Å². The second-order valence-electron chi connectivity index (χ2n) is 5.14. The van der Waals surface area contributed by atoms with Crippen molar-refractivity contribution in [1.29, 1.82) is 0 Å². The molecule has 1 atom stereocenters. The van der Waals surface area contributed by atoms with Crippen molar-refractivity contribution >= 4 is 28.3 Å². The molecule has 0 spiro atoms. The minimum Gasteiger partial charge on any atom is -0.384 e. The summed E-state index contributed by atoms with van der Waals surface area (Å²) in [5, 5.41) is 4.07. The number of nitrogens with one attached hydrogen (secondary N) is 1. The number of methoxy groups -OCH3 is 1. The number of hydrogen-bond donors (Lipinski definition) is 1. The van der Waals surface area contributed by atoms with E-state index in [1.807, 2.05) is 35.2 Å². The number of carbonyl (C=O) groups is 1. The molecule has 0 aliphatic carbocycles. The van der Waals surface area contributed by atoms with Gasteiger partial charge in [0.25, 0.3) is 0 Å². The van der Waals surface area contributed by atoms with Crippen LogP contribution in [0.1, 0.15) is 12.2 Å². The zero-order chi connectivity index (χ0) is 15.4. The van der Waals surface area contributed by atoms with E-state index in [1.165, 1.54) is 11.5 Å². The highest BCUT2D eigenvalue weighted by Gasteiger charge is 2.31. The van der Waals surface area contributed by atoms with Gasteiger partial charge in [0.05, 0.1) is 12.6 Å². The Morgan fingerprint density at radius 2 is 2.23 bits per heavy atom. The highest BCUT2D eigenvalue weighted by Crippen LogP contribution is 2.23. The maximum Gasteiger partial charge on any atom is 0.229 e. The molecule has 1 saturated heterocycles. The first-order valence-electron chi connectivity index (χ1n) is 7.19. The molecule has 1 fully saturated rings. The van der Waals surface area contributed by atoms with E-state index in [0.717, 1.165) is 16.6 Å². The Morgan fingerprint density at radius 3 is 3.00 bits per heavy atom. The van der Waals surface area contributed by atoms with Gasteiger partial charge < -0.3 is 15.0 Å². The second-order valence-corrected chi connectivity index (χ2v) is 5.90. The summed E-state index contributed by atoms with van der Waals surface area (Å²) < 4.78 is 9.30. The van der Waals surface area contributed by atoms with E-state index in [-0.39, 0.29) is 11.9 Å². The van der Waals surface area contributed by atoms with Crippen molar-refractivity contribution in [2.75, 3.05) is 30.5 Å². The maximum absolute atomic E-state index is 12.2. The molecule has 1 aliphatic heterocycles. The Morgan fingerprint density at radius 1 is 1.41 bits per heavy atom. The van der Waals surface area contributed by atoms with E-state index in [9.17, 15) is 4.79 Å². The SMILES string of the molecule is COCCc1nsc(N[C@H]2CC(=O)N(c3ccccc3)C2)n1. The van der Waals surface area contributed by atoms with Gasteiger partial charge in [0.15, 0.2) is 0 Å². The number of nitrogens with zero attached hydrogens (tertiary/aromatic N) is 3. The Bertz CT molecular complexity index is 631. The summed E-state index contributed by atoms with van der Waals surface area (Å²) in [5.41, 5.74) is 0.940. The molecule has 1 aromatic carbocycles. The van der Waals surface area contributed by atoms with Crippen LogP contribution in [0.15, 0.2) is 30.3 Å². The van der Waals surface area contributed by atoms with Crippen LogP contribution in [0.2, 0.25) is 0 Å². The van der Waals surface area contributed by atoms with Crippen LogP contribution >= 0.6 is 11.5 Å². The van der Waals surface area contributed by atoms with Gasteiger partial charge in [-0.3, -0.25) is 4.79 Å². The molecule has 1 aliphatic rings. The minimum absolute atomic E-state index is 0.0657. The van der Waals surface area contributed by atoms with Gasteiger partial charge in [0.1, 0.15) is 5.82 Å². The van der Waals surface area contributed by atoms with Crippen LogP contribution in [0.4, 0.5) is 10.8 Å². The lowest BCUT2D eigenvalue weighted by Crippen LogP contribution is -2.27. The van der Waals surface area contributed by atoms with Crippen LogP contribution in [-0.4, -0.2) is 41.6 Å². The van der Waals surface area contributed by atoms with E-state index in [4.69, 9.17) is 4.74 Å². The summed E-state index contributed by atoms with van der Waals surface area (Å²) >= 11 is 1.33. The van der Waals surface area contributed by atoms with Crippen LogP contribution in [-0.2, 0) is 16.0 Å². The lowest BCUT2D eigenvalue weighted by atomic mass is 10.3. The zero-order valence-electron chi connectivity index (χ0n) is 12.4. The molecular formula is C15H18N4O2S. The molecule has 1 aromatic heterocycles. The summed E-state index contributed by atoms with van der Waals surface area (Å²) in [7, 11) is 1.66. The standard InChI is InChI=1S/C15H18N4O2S/c1-21-8-7-13-17-15(22-18-13)16-11-9-14(20)19(10-11)12-5-3-2-4-6-12/h2-6,11H,7-10H2,1H3,(H,16,17,18)/t11-/m0/s1. The molecule has 116 valence electrons. The van der Waals surface area contributed by atoms with Crippen molar-refractivity contribution in [1.82, 2.24) is 9.36 Å². The van der Waals surface area contributed by atoms with Gasteiger partial charge in [-0.25, -0.2) is 4.98 Å². The molecule has 6 nitrogen and oxygen atoms in total. The van der Waals surface area contributed by atoms with Gasteiger partial charge in [-0.2, -0.15) is 4.37 Å². The predicted octanol–water partition coefficient (Wildman–Crippen LogP) is 1.94. The summed E-state index contributed by atoms with van der Waals surface area (Å²) in [6.45, 7) is 1.26. The van der Waals surface area contributed by atoms with Crippen LogP contribution in [0.3, 0.4) is 0 Å². The largest absolute Gasteiger partial charge is 0.384 e. The number of amides is 1. The average molecular weight is 318 g/mol. The molecule has 0 bridgehead atoms. The third kappa shape index (κ3) is 3.42. The molecule has 2 heterocycles. The van der Waals surface area contributed by atoms with Gasteiger partial charge in [-0.05, 0) is 12.1 Å². The van der Waals surface area contributed by atoms with Crippen LogP contribution in [0.5, 0.6) is 0 Å². The molecule has 0 radical (unpaired) electrons. The van der Waals surface area contributed by atoms with Crippen molar-refractivity contribution in [3.05, 3.63) is 36.2 Å². The van der Waals surface area contributed by atoms with Crippen LogP contribution < -0.4 is 10.2 Å². The van der Waals surface area contributed by atoms with E-state index < -0.39 is 0 Å². The van der Waals surface area contributed by atoms with Crippen molar-refractivity contribution in [2.45, 2.75) is 18.9 Å². The fraction of sp³-hybridized carbons (Fsp3) is 0.400. The van der Waals surface area contributed by atoms with Gasteiger partial charge in [0.2, 0.25) is 11.0 Å². The smallest absolute Gasteiger partial charge is 0.229 e. The Kier molecular flexibility index (Phi) is 4.65. The summed E-state index contributed by atoms with van der Waals surface area (Å²) in [6, 6.07) is 9.80. The van der Waals surface area contributed by atoms with Gasteiger partial charge in [-0.15, -0.1) is 0 Å². The van der Waals surface area contributed by atoms with Crippen molar-refractivity contribution in [3.8, 4) is 0 Å². The number of carbonyl (C=O) groups excluding carboxylic acids is 1. The number of aromatic nitrogens is 2. The zero-order valence-corrected chi connectivity index (χ0v) is 13.2. The topological polar surface area (TPSA) is 67.3 Å². The van der Waals surface area contributed by atoms with Crippen molar-refractivity contribution < 1.29 is 9.53 Å². The molecule has 1 amide bonds. The molecule has 2 aromatic rings. The molecule has 0 unspecified atom stereocenters. The second kappa shape index (κ2) is 6.85. The highest BCUT2D eigenvalue weighted by atomic mass is 32.1. The first kappa shape index (κ1) is 14.9. The molecule has 7 heteroatoms. The number of anilines is 2. The lowest BCUT2D eigenvalue weighted by molar-refractivity contribution is -0.117. The Balaban J connectivity index is 1.60. The monoisotopic (exact) mass is 318 g/mol. The van der Waals surface area contributed by atoms with E-state index in [1.54, 1.807) is 7.11 Å². The quantitative estimate of drug-likeness (QED) is 0.882. The van der Waals surface area contributed by atoms with Gasteiger partial charge >= 0.3 is 0 Å². The number of rotatable bonds is 6. The lowest BCUT2D eigenvalue weighted by Gasteiger charge is -2.16. The molecule has 3 rings (SSSR count). The van der Waals surface area contributed by atoms with Gasteiger partial charge in [0, 0.05) is 43.7 Å². The maximum atomic E-state index is 12.2. The number of ether oxygens (including phenoxy) is 1. The molecule has 0 saturated carbocycles. The summed E-state index contributed by atoms with van der Waals surface area (Å²) in [6.07, 6.45) is 1.18. The van der Waals surface area contributed by atoms with E-state index in [2.05, 4.69) is 14.7 Å².